The SMILES string of the molecule is Cc1cc(-c2cc(C(=O)NCCCc3ccccc3)ccc2CCc2ccccc2)cc2c1=IC=CC=2. The van der Waals surface area contributed by atoms with E-state index in [1.807, 2.05) is 12.1 Å². The molecular weight excluding hydrogens is 565 g/mol. The lowest BCUT2D eigenvalue weighted by molar-refractivity contribution is 0.0953. The van der Waals surface area contributed by atoms with E-state index in [4.69, 9.17) is 0 Å². The lowest BCUT2D eigenvalue weighted by atomic mass is 9.92. The van der Waals surface area contributed by atoms with Gasteiger partial charge in [0.25, 0.3) is 5.91 Å². The molecule has 0 radical (unpaired) electrons. The fourth-order valence-corrected chi connectivity index (χ4v) is 6.95. The standard InChI is InChI=1S/C34H32INO/c1-25-22-31(23-29-15-8-20-35-33(25)29)32-24-30(19-18-28(32)17-16-27-12-6-3-7-13-27)34(37)36-21-9-14-26-10-4-2-5-11-26/h2-8,10-13,15,18-20,22-24H,9,14,16-17,21H2,1H3,(H,36,37). The van der Waals surface area contributed by atoms with Crippen LogP contribution in [0, 0.1) is 10.1 Å². The lowest BCUT2D eigenvalue weighted by Crippen LogP contribution is -2.25. The van der Waals surface area contributed by atoms with Gasteiger partial charge in [0.1, 0.15) is 0 Å². The third-order valence-corrected chi connectivity index (χ3v) is 9.65. The van der Waals surface area contributed by atoms with Crippen molar-refractivity contribution in [3.63, 3.8) is 0 Å². The van der Waals surface area contributed by atoms with Gasteiger partial charge in [0.15, 0.2) is 0 Å². The van der Waals surface area contributed by atoms with E-state index in [-0.39, 0.29) is 26.6 Å². The molecule has 0 atom stereocenters. The smallest absolute Gasteiger partial charge is 0.251 e. The summed E-state index contributed by atoms with van der Waals surface area (Å²) in [6.07, 6.45) is 8.21. The summed E-state index contributed by atoms with van der Waals surface area (Å²) < 4.78 is 3.82. The maximum atomic E-state index is 13.1. The Morgan fingerprint density at radius 1 is 0.811 bits per heavy atom. The van der Waals surface area contributed by atoms with Crippen LogP contribution in [0.1, 0.15) is 39.0 Å². The normalized spacial score (nSPS) is 12.0. The molecule has 0 fully saturated rings. The van der Waals surface area contributed by atoms with E-state index in [1.165, 1.54) is 41.8 Å². The number of benzene rings is 4. The molecule has 1 heterocycles. The molecule has 1 aliphatic rings. The highest BCUT2D eigenvalue weighted by molar-refractivity contribution is 14.2. The molecule has 1 N–H and O–H groups in total. The lowest BCUT2D eigenvalue weighted by Gasteiger charge is -2.14. The number of amides is 1. The Kier molecular flexibility index (Phi) is 8.42. The van der Waals surface area contributed by atoms with Gasteiger partial charge in [0.2, 0.25) is 0 Å². The number of carbonyl (C=O) groups excluding carboxylic acids is 1. The highest BCUT2D eigenvalue weighted by Gasteiger charge is 2.13. The number of carbonyl (C=O) groups is 1. The number of rotatable bonds is 9. The molecule has 0 aliphatic carbocycles. The van der Waals surface area contributed by atoms with Gasteiger partial charge in [-0.1, -0.05) is 106 Å². The Morgan fingerprint density at radius 3 is 2.30 bits per heavy atom. The van der Waals surface area contributed by atoms with Crippen molar-refractivity contribution < 1.29 is 4.79 Å². The number of fused-ring (bicyclic) bond motifs is 1. The van der Waals surface area contributed by atoms with E-state index in [1.54, 1.807) is 0 Å². The first-order valence-electron chi connectivity index (χ1n) is 12.9. The molecule has 4 aromatic rings. The molecule has 1 amide bonds. The average Bonchev–Trinajstić information content (AvgIpc) is 2.95. The van der Waals surface area contributed by atoms with Crippen molar-refractivity contribution in [3.05, 3.63) is 137 Å². The van der Waals surface area contributed by atoms with E-state index in [2.05, 4.69) is 107 Å². The van der Waals surface area contributed by atoms with E-state index in [0.29, 0.717) is 6.54 Å². The molecule has 5 rings (SSSR count). The van der Waals surface area contributed by atoms with Crippen LogP contribution < -0.4 is 10.5 Å². The van der Waals surface area contributed by atoms with Crippen molar-refractivity contribution >= 4 is 32.7 Å². The minimum Gasteiger partial charge on any atom is -0.352 e. The minimum atomic E-state index is -0.0745. The van der Waals surface area contributed by atoms with Crippen LogP contribution in [-0.4, -0.2) is 12.5 Å². The molecule has 4 aromatic carbocycles. The summed E-state index contributed by atoms with van der Waals surface area (Å²) in [5.41, 5.74) is 8.37. The Morgan fingerprint density at radius 2 is 1.54 bits per heavy atom. The highest BCUT2D eigenvalue weighted by atomic mass is 127. The van der Waals surface area contributed by atoms with Crippen LogP contribution in [-0.2, 0) is 19.3 Å². The van der Waals surface area contributed by atoms with Gasteiger partial charge in [-0.3, -0.25) is 4.79 Å². The summed E-state index contributed by atoms with van der Waals surface area (Å²) in [6.45, 7) is 2.89. The quantitative estimate of drug-likeness (QED) is 0.159. The fourth-order valence-electron chi connectivity index (χ4n) is 4.83. The monoisotopic (exact) mass is 597 g/mol. The van der Waals surface area contributed by atoms with E-state index < -0.39 is 0 Å². The fraction of sp³-hybridized carbons (Fsp3) is 0.176. The number of aryl methyl sites for hydroxylation is 4. The third-order valence-electron chi connectivity index (χ3n) is 6.78. The second-order valence-electron chi connectivity index (χ2n) is 9.49. The molecular formula is C34H32INO. The van der Waals surface area contributed by atoms with E-state index in [9.17, 15) is 4.79 Å². The first kappa shape index (κ1) is 25.3. The van der Waals surface area contributed by atoms with E-state index in [0.717, 1.165) is 31.2 Å². The van der Waals surface area contributed by atoms with Crippen LogP contribution in [0.25, 0.3) is 17.2 Å². The van der Waals surface area contributed by atoms with Gasteiger partial charge in [-0.2, -0.15) is 0 Å². The minimum absolute atomic E-state index is 0.000958. The van der Waals surface area contributed by atoms with Crippen molar-refractivity contribution in [1.29, 1.82) is 0 Å². The van der Waals surface area contributed by atoms with Crippen LogP contribution in [0.3, 0.4) is 0 Å². The van der Waals surface area contributed by atoms with Gasteiger partial charge in [-0.25, -0.2) is 0 Å². The topological polar surface area (TPSA) is 29.1 Å². The molecule has 0 saturated heterocycles. The molecule has 0 unspecified atom stereocenters. The summed E-state index contributed by atoms with van der Waals surface area (Å²) in [5, 5.41) is 4.47. The molecule has 3 heteroatoms. The molecule has 0 bridgehead atoms. The van der Waals surface area contributed by atoms with Crippen LogP contribution in [0.5, 0.6) is 0 Å². The van der Waals surface area contributed by atoms with Crippen molar-refractivity contribution in [1.82, 2.24) is 5.32 Å². The first-order chi connectivity index (χ1) is 18.2. The zero-order chi connectivity index (χ0) is 25.5. The number of hydrogen-bond donors (Lipinski definition) is 1. The van der Waals surface area contributed by atoms with Gasteiger partial charge in [0.05, 0.1) is 0 Å². The van der Waals surface area contributed by atoms with Gasteiger partial charge in [-0.05, 0) is 93.5 Å². The van der Waals surface area contributed by atoms with Crippen molar-refractivity contribution in [2.24, 2.45) is 0 Å². The predicted octanol–water partition coefficient (Wildman–Crippen LogP) is 7.34. The molecule has 37 heavy (non-hydrogen) atoms. The van der Waals surface area contributed by atoms with Crippen LogP contribution >= 0.6 is 20.7 Å². The van der Waals surface area contributed by atoms with Crippen LogP contribution in [0.2, 0.25) is 0 Å². The summed E-state index contributed by atoms with van der Waals surface area (Å²) in [7, 11) is 0. The summed E-state index contributed by atoms with van der Waals surface area (Å²) in [5.74, 6) is -0.000958. The molecule has 0 saturated carbocycles. The third kappa shape index (κ3) is 6.53. The largest absolute Gasteiger partial charge is 0.352 e. The van der Waals surface area contributed by atoms with Gasteiger partial charge < -0.3 is 5.32 Å². The Labute approximate surface area is 229 Å². The van der Waals surface area contributed by atoms with Crippen molar-refractivity contribution in [2.75, 3.05) is 6.54 Å². The van der Waals surface area contributed by atoms with Crippen molar-refractivity contribution in [2.45, 2.75) is 32.6 Å². The zero-order valence-electron chi connectivity index (χ0n) is 21.2. The first-order valence-corrected chi connectivity index (χ1v) is 15.3. The highest BCUT2D eigenvalue weighted by Crippen LogP contribution is 2.28. The second kappa shape index (κ2) is 12.3. The average molecular weight is 598 g/mol. The van der Waals surface area contributed by atoms with Gasteiger partial charge >= 0.3 is 0 Å². The molecule has 186 valence electrons. The van der Waals surface area contributed by atoms with E-state index >= 15 is 0 Å². The molecule has 0 aromatic heterocycles. The number of halogens is 1. The molecule has 2 nitrogen and oxygen atoms in total. The number of allylic oxidation sites excluding steroid dienone is 1. The number of nitrogens with one attached hydrogen (secondary N) is 1. The molecule has 1 aliphatic heterocycles. The van der Waals surface area contributed by atoms with Crippen molar-refractivity contribution in [3.8, 4) is 11.1 Å². The van der Waals surface area contributed by atoms with Crippen LogP contribution in [0.4, 0.5) is 0 Å². The Hall–Kier alpha value is -3.31. The maximum absolute atomic E-state index is 13.1. The summed E-state index contributed by atoms with van der Waals surface area (Å²) >= 11 is -0.0745. The van der Waals surface area contributed by atoms with Gasteiger partial charge in [0, 0.05) is 15.3 Å². The second-order valence-corrected chi connectivity index (χ2v) is 11.9. The van der Waals surface area contributed by atoms with Gasteiger partial charge in [-0.15, -0.1) is 0 Å². The van der Waals surface area contributed by atoms with Crippen LogP contribution in [0.15, 0.2) is 101 Å². The summed E-state index contributed by atoms with van der Waals surface area (Å²) in [4.78, 5) is 13.1. The zero-order valence-corrected chi connectivity index (χ0v) is 23.4. The number of hydrogen-bond acceptors (Lipinski definition) is 1. The maximum Gasteiger partial charge on any atom is 0.251 e. The molecule has 0 spiro atoms. The Balaban J connectivity index is 1.39. The summed E-state index contributed by atoms with van der Waals surface area (Å²) in [6, 6.07) is 31.9. The Bertz CT molecular complexity index is 1540. The predicted molar refractivity (Wildman–Crippen MR) is 164 cm³/mol.